The Kier molecular flexibility index (Phi) is 5.36. The van der Waals surface area contributed by atoms with Crippen molar-refractivity contribution in [2.45, 2.75) is 20.0 Å². The third-order valence-corrected chi connectivity index (χ3v) is 4.30. The van der Waals surface area contributed by atoms with Crippen molar-refractivity contribution >= 4 is 33.0 Å². The van der Waals surface area contributed by atoms with Crippen LogP contribution in [0.5, 0.6) is 0 Å². The highest BCUT2D eigenvalue weighted by Crippen LogP contribution is 2.24. The van der Waals surface area contributed by atoms with Crippen molar-refractivity contribution in [1.29, 1.82) is 0 Å². The largest absolute Gasteiger partial charge is 0.369 e. The highest BCUT2D eigenvalue weighted by Gasteiger charge is 2.06. The van der Waals surface area contributed by atoms with Crippen molar-refractivity contribution in [1.82, 2.24) is 10.3 Å². The van der Waals surface area contributed by atoms with Crippen LogP contribution in [0, 0.1) is 0 Å². The van der Waals surface area contributed by atoms with Crippen LogP contribution in [0.4, 0.5) is 5.69 Å². The molecule has 0 amide bonds. The molecule has 0 saturated carbocycles. The molecule has 5 heteroatoms. The first-order valence-corrected chi connectivity index (χ1v) is 8.01. The van der Waals surface area contributed by atoms with E-state index in [4.69, 9.17) is 0 Å². The molecule has 0 saturated heterocycles. The van der Waals surface area contributed by atoms with Crippen molar-refractivity contribution in [3.63, 3.8) is 0 Å². The third kappa shape index (κ3) is 4.03. The lowest BCUT2D eigenvalue weighted by atomic mass is 10.2. The molecule has 3 nitrogen and oxygen atoms in total. The van der Waals surface area contributed by atoms with Crippen LogP contribution in [-0.2, 0) is 13.1 Å². The molecule has 1 aromatic heterocycles. The summed E-state index contributed by atoms with van der Waals surface area (Å²) in [6, 6.07) is 6.49. The molecule has 19 heavy (non-hydrogen) atoms. The lowest BCUT2D eigenvalue weighted by Gasteiger charge is -2.19. The fourth-order valence-electron chi connectivity index (χ4n) is 1.83. The molecular formula is C14H18BrN3S. The summed E-state index contributed by atoms with van der Waals surface area (Å²) < 4.78 is 1.15. The zero-order chi connectivity index (χ0) is 13.7. The van der Waals surface area contributed by atoms with Crippen molar-refractivity contribution in [3.8, 4) is 0 Å². The molecule has 1 N–H and O–H groups in total. The topological polar surface area (TPSA) is 28.2 Å². The van der Waals surface area contributed by atoms with E-state index in [0.29, 0.717) is 0 Å². The lowest BCUT2D eigenvalue weighted by molar-refractivity contribution is 0.724. The third-order valence-electron chi connectivity index (χ3n) is 2.93. The van der Waals surface area contributed by atoms with E-state index in [-0.39, 0.29) is 0 Å². The molecule has 102 valence electrons. The normalized spacial score (nSPS) is 10.7. The molecule has 2 aromatic rings. The second-order valence-electron chi connectivity index (χ2n) is 4.39. The van der Waals surface area contributed by atoms with E-state index in [2.05, 4.69) is 68.7 Å². The molecule has 0 atom stereocenters. The molecule has 1 aromatic carbocycles. The Hall–Kier alpha value is -0.910. The summed E-state index contributed by atoms with van der Waals surface area (Å²) in [6.07, 6.45) is 0. The van der Waals surface area contributed by atoms with Crippen molar-refractivity contribution in [3.05, 3.63) is 44.8 Å². The smallest absolute Gasteiger partial charge is 0.0795 e. The molecule has 0 aliphatic heterocycles. The lowest BCUT2D eigenvalue weighted by Crippen LogP contribution is -2.17. The number of halogens is 1. The number of thiazole rings is 1. The highest BCUT2D eigenvalue weighted by atomic mass is 79.9. The van der Waals surface area contributed by atoms with E-state index in [1.54, 1.807) is 11.3 Å². The summed E-state index contributed by atoms with van der Waals surface area (Å²) in [6.45, 7) is 4.83. The number of aromatic nitrogens is 1. The second kappa shape index (κ2) is 7.03. The Morgan fingerprint density at radius 3 is 2.89 bits per heavy atom. The maximum Gasteiger partial charge on any atom is 0.0795 e. The van der Waals surface area contributed by atoms with E-state index >= 15 is 0 Å². The van der Waals surface area contributed by atoms with Gasteiger partial charge in [-0.3, -0.25) is 0 Å². The zero-order valence-corrected chi connectivity index (χ0v) is 13.6. The van der Waals surface area contributed by atoms with E-state index in [0.717, 1.165) is 29.8 Å². The molecule has 0 unspecified atom stereocenters. The van der Waals surface area contributed by atoms with Gasteiger partial charge >= 0.3 is 0 Å². The van der Waals surface area contributed by atoms with E-state index in [1.807, 2.05) is 5.51 Å². The molecule has 0 bridgehead atoms. The van der Waals surface area contributed by atoms with Gasteiger partial charge in [0.05, 0.1) is 17.7 Å². The summed E-state index contributed by atoms with van der Waals surface area (Å²) >= 11 is 5.28. The average molecular weight is 340 g/mol. The van der Waals surface area contributed by atoms with Gasteiger partial charge in [-0.25, -0.2) is 4.98 Å². The van der Waals surface area contributed by atoms with Crippen LogP contribution < -0.4 is 10.2 Å². The number of hydrogen-bond donors (Lipinski definition) is 1. The van der Waals surface area contributed by atoms with E-state index in [1.165, 1.54) is 11.3 Å². The van der Waals surface area contributed by atoms with Gasteiger partial charge in [0.15, 0.2) is 0 Å². The number of nitrogens with zero attached hydrogens (tertiary/aromatic N) is 2. The monoisotopic (exact) mass is 339 g/mol. The van der Waals surface area contributed by atoms with Crippen molar-refractivity contribution in [2.24, 2.45) is 0 Å². The standard InChI is InChI=1S/C14H18BrN3S/c1-3-16-7-11-4-5-13(6-14(11)15)18(2)8-12-9-19-10-17-12/h4-6,9-10,16H,3,7-8H2,1-2H3. The van der Waals surface area contributed by atoms with Gasteiger partial charge in [0.25, 0.3) is 0 Å². The van der Waals surface area contributed by atoms with Gasteiger partial charge in [0, 0.05) is 29.1 Å². The Bertz CT molecular complexity index is 513. The average Bonchev–Trinajstić information content (AvgIpc) is 2.90. The fraction of sp³-hybridized carbons (Fsp3) is 0.357. The van der Waals surface area contributed by atoms with Gasteiger partial charge in [0.1, 0.15) is 0 Å². The van der Waals surface area contributed by atoms with Gasteiger partial charge in [0.2, 0.25) is 0 Å². The van der Waals surface area contributed by atoms with Crippen LogP contribution in [0.1, 0.15) is 18.2 Å². The second-order valence-corrected chi connectivity index (χ2v) is 5.96. The molecule has 0 fully saturated rings. The minimum atomic E-state index is 0.836. The number of nitrogens with one attached hydrogen (secondary N) is 1. The maximum atomic E-state index is 4.32. The Morgan fingerprint density at radius 1 is 1.42 bits per heavy atom. The van der Waals surface area contributed by atoms with Crippen molar-refractivity contribution < 1.29 is 0 Å². The zero-order valence-electron chi connectivity index (χ0n) is 11.2. The summed E-state index contributed by atoms with van der Waals surface area (Å²) in [5, 5.41) is 5.43. The first-order valence-electron chi connectivity index (χ1n) is 6.28. The predicted octanol–water partition coefficient (Wildman–Crippen LogP) is 3.65. The molecule has 0 radical (unpaired) electrons. The minimum Gasteiger partial charge on any atom is -0.369 e. The molecule has 0 aliphatic carbocycles. The Balaban J connectivity index is 2.06. The van der Waals surface area contributed by atoms with E-state index < -0.39 is 0 Å². The quantitative estimate of drug-likeness (QED) is 0.870. The summed E-state index contributed by atoms with van der Waals surface area (Å²) in [5.74, 6) is 0. The highest BCUT2D eigenvalue weighted by molar-refractivity contribution is 9.10. The molecule has 1 heterocycles. The van der Waals surface area contributed by atoms with E-state index in [9.17, 15) is 0 Å². The van der Waals surface area contributed by atoms with Crippen LogP contribution in [0.3, 0.4) is 0 Å². The number of anilines is 1. The van der Waals surface area contributed by atoms with Gasteiger partial charge < -0.3 is 10.2 Å². The van der Waals surface area contributed by atoms with Crippen LogP contribution in [-0.4, -0.2) is 18.6 Å². The molecule has 2 rings (SSSR count). The van der Waals surface area contributed by atoms with Crippen molar-refractivity contribution in [2.75, 3.05) is 18.5 Å². The Morgan fingerprint density at radius 2 is 2.26 bits per heavy atom. The molecule has 0 aliphatic rings. The van der Waals surface area contributed by atoms with Crippen LogP contribution in [0.15, 0.2) is 33.6 Å². The molecular weight excluding hydrogens is 322 g/mol. The number of benzene rings is 1. The van der Waals surface area contributed by atoms with Crippen LogP contribution in [0.2, 0.25) is 0 Å². The number of hydrogen-bond acceptors (Lipinski definition) is 4. The summed E-state index contributed by atoms with van der Waals surface area (Å²) in [7, 11) is 2.09. The van der Waals surface area contributed by atoms with Crippen LogP contribution >= 0.6 is 27.3 Å². The fourth-order valence-corrected chi connectivity index (χ4v) is 2.88. The maximum absolute atomic E-state index is 4.32. The Labute approximate surface area is 126 Å². The van der Waals surface area contributed by atoms with Gasteiger partial charge in [-0.15, -0.1) is 11.3 Å². The van der Waals surface area contributed by atoms with Gasteiger partial charge in [-0.2, -0.15) is 0 Å². The first kappa shape index (κ1) is 14.5. The summed E-state index contributed by atoms with van der Waals surface area (Å²) in [5.41, 5.74) is 5.46. The molecule has 0 spiro atoms. The first-order chi connectivity index (χ1) is 9.20. The van der Waals surface area contributed by atoms with Gasteiger partial charge in [-0.1, -0.05) is 28.9 Å². The van der Waals surface area contributed by atoms with Crippen LogP contribution in [0.25, 0.3) is 0 Å². The van der Waals surface area contributed by atoms with Gasteiger partial charge in [-0.05, 0) is 24.2 Å². The minimum absolute atomic E-state index is 0.836. The summed E-state index contributed by atoms with van der Waals surface area (Å²) in [4.78, 5) is 6.52. The number of rotatable bonds is 6. The SMILES string of the molecule is CCNCc1ccc(N(C)Cc2cscn2)cc1Br. The predicted molar refractivity (Wildman–Crippen MR) is 85.7 cm³/mol.